The standard InChI is InChI=1S/C13H19FN2O/c1-3-5-9-15-13(17)16(4-2)12-8-6-7-11(14)10-12/h6-8,10H,3-5,9H2,1-2H3,(H,15,17). The lowest BCUT2D eigenvalue weighted by Crippen LogP contribution is -2.40. The molecule has 1 aromatic carbocycles. The number of benzene rings is 1. The zero-order valence-corrected chi connectivity index (χ0v) is 10.4. The molecule has 0 atom stereocenters. The summed E-state index contributed by atoms with van der Waals surface area (Å²) >= 11 is 0. The summed E-state index contributed by atoms with van der Waals surface area (Å²) in [5.41, 5.74) is 0.585. The molecular formula is C13H19FN2O. The molecule has 1 rings (SSSR count). The van der Waals surface area contributed by atoms with E-state index >= 15 is 0 Å². The zero-order valence-electron chi connectivity index (χ0n) is 10.4. The van der Waals surface area contributed by atoms with Crippen molar-refractivity contribution < 1.29 is 9.18 Å². The normalized spacial score (nSPS) is 10.1. The largest absolute Gasteiger partial charge is 0.338 e. The predicted molar refractivity (Wildman–Crippen MR) is 67.7 cm³/mol. The molecule has 4 heteroatoms. The first-order valence-electron chi connectivity index (χ1n) is 6.00. The maximum Gasteiger partial charge on any atom is 0.321 e. The molecule has 2 amide bonds. The second-order valence-corrected chi connectivity index (χ2v) is 3.81. The van der Waals surface area contributed by atoms with Crippen molar-refractivity contribution in [1.82, 2.24) is 5.32 Å². The van der Waals surface area contributed by atoms with E-state index in [1.54, 1.807) is 12.1 Å². The Balaban J connectivity index is 2.67. The minimum absolute atomic E-state index is 0.174. The summed E-state index contributed by atoms with van der Waals surface area (Å²) in [6, 6.07) is 5.89. The van der Waals surface area contributed by atoms with Gasteiger partial charge in [0, 0.05) is 18.8 Å². The van der Waals surface area contributed by atoms with Gasteiger partial charge in [0.15, 0.2) is 0 Å². The lowest BCUT2D eigenvalue weighted by atomic mass is 10.3. The second kappa shape index (κ2) is 6.89. The van der Waals surface area contributed by atoms with Crippen molar-refractivity contribution in [3.8, 4) is 0 Å². The van der Waals surface area contributed by atoms with Crippen LogP contribution in [0.5, 0.6) is 0 Å². The number of amides is 2. The summed E-state index contributed by atoms with van der Waals surface area (Å²) in [5.74, 6) is -0.331. The number of carbonyl (C=O) groups is 1. The molecule has 0 spiro atoms. The van der Waals surface area contributed by atoms with Gasteiger partial charge in [-0.05, 0) is 31.5 Å². The average Bonchev–Trinajstić information content (AvgIpc) is 2.30. The van der Waals surface area contributed by atoms with Crippen LogP contribution in [0.15, 0.2) is 24.3 Å². The molecule has 0 aromatic heterocycles. The highest BCUT2D eigenvalue weighted by molar-refractivity contribution is 5.91. The fraction of sp³-hybridized carbons (Fsp3) is 0.462. The van der Waals surface area contributed by atoms with Gasteiger partial charge in [0.05, 0.1) is 0 Å². The first-order chi connectivity index (χ1) is 8.19. The Kier molecular flexibility index (Phi) is 5.46. The molecule has 17 heavy (non-hydrogen) atoms. The van der Waals surface area contributed by atoms with Crippen molar-refractivity contribution in [3.05, 3.63) is 30.1 Å². The number of unbranched alkanes of at least 4 members (excludes halogenated alkanes) is 1. The summed E-state index contributed by atoms with van der Waals surface area (Å²) in [5, 5.41) is 2.82. The summed E-state index contributed by atoms with van der Waals surface area (Å²) in [4.78, 5) is 13.4. The van der Waals surface area contributed by atoms with Crippen molar-refractivity contribution in [2.75, 3.05) is 18.0 Å². The van der Waals surface area contributed by atoms with Gasteiger partial charge >= 0.3 is 6.03 Å². The summed E-state index contributed by atoms with van der Waals surface area (Å²) in [6.45, 7) is 5.10. The highest BCUT2D eigenvalue weighted by Gasteiger charge is 2.13. The predicted octanol–water partition coefficient (Wildman–Crippen LogP) is 3.16. The van der Waals surface area contributed by atoms with Gasteiger partial charge in [0.2, 0.25) is 0 Å². The highest BCUT2D eigenvalue weighted by Crippen LogP contribution is 2.15. The lowest BCUT2D eigenvalue weighted by molar-refractivity contribution is 0.246. The minimum Gasteiger partial charge on any atom is -0.338 e. The van der Waals surface area contributed by atoms with E-state index in [1.165, 1.54) is 17.0 Å². The van der Waals surface area contributed by atoms with Crippen LogP contribution < -0.4 is 10.2 Å². The van der Waals surface area contributed by atoms with E-state index in [1.807, 2.05) is 6.92 Å². The van der Waals surface area contributed by atoms with Crippen molar-refractivity contribution in [2.24, 2.45) is 0 Å². The summed E-state index contributed by atoms with van der Waals surface area (Å²) < 4.78 is 13.1. The van der Waals surface area contributed by atoms with Crippen LogP contribution in [0.25, 0.3) is 0 Å². The number of nitrogens with one attached hydrogen (secondary N) is 1. The van der Waals surface area contributed by atoms with Crippen molar-refractivity contribution >= 4 is 11.7 Å². The maximum atomic E-state index is 13.1. The molecule has 94 valence electrons. The molecule has 0 aliphatic heterocycles. The minimum atomic E-state index is -0.331. The Labute approximate surface area is 102 Å². The van der Waals surface area contributed by atoms with Gasteiger partial charge in [-0.3, -0.25) is 4.90 Å². The van der Waals surface area contributed by atoms with Crippen molar-refractivity contribution in [1.29, 1.82) is 0 Å². The molecular weight excluding hydrogens is 219 g/mol. The second-order valence-electron chi connectivity index (χ2n) is 3.81. The van der Waals surface area contributed by atoms with E-state index in [-0.39, 0.29) is 11.8 Å². The maximum absolute atomic E-state index is 13.1. The summed E-state index contributed by atoms with van der Waals surface area (Å²) in [6.07, 6.45) is 1.98. The van der Waals surface area contributed by atoms with Crippen LogP contribution in [0.1, 0.15) is 26.7 Å². The number of hydrogen-bond donors (Lipinski definition) is 1. The number of nitrogens with zero attached hydrogens (tertiary/aromatic N) is 1. The molecule has 0 bridgehead atoms. The van der Waals surface area contributed by atoms with Crippen molar-refractivity contribution in [3.63, 3.8) is 0 Å². The Morgan fingerprint density at radius 1 is 1.41 bits per heavy atom. The molecule has 0 fully saturated rings. The molecule has 0 aliphatic rings. The van der Waals surface area contributed by atoms with Gasteiger partial charge in [-0.15, -0.1) is 0 Å². The Hall–Kier alpha value is -1.58. The molecule has 0 saturated carbocycles. The monoisotopic (exact) mass is 238 g/mol. The number of hydrogen-bond acceptors (Lipinski definition) is 1. The molecule has 1 aromatic rings. The fourth-order valence-corrected chi connectivity index (χ4v) is 1.55. The third kappa shape index (κ3) is 4.06. The molecule has 0 heterocycles. The highest BCUT2D eigenvalue weighted by atomic mass is 19.1. The lowest BCUT2D eigenvalue weighted by Gasteiger charge is -2.21. The first-order valence-corrected chi connectivity index (χ1v) is 6.00. The molecule has 3 nitrogen and oxygen atoms in total. The molecule has 1 N–H and O–H groups in total. The van der Waals surface area contributed by atoms with E-state index in [9.17, 15) is 9.18 Å². The quantitative estimate of drug-likeness (QED) is 0.785. The number of rotatable bonds is 5. The third-order valence-corrected chi connectivity index (χ3v) is 2.49. The van der Waals surface area contributed by atoms with E-state index in [2.05, 4.69) is 12.2 Å². The number of halogens is 1. The zero-order chi connectivity index (χ0) is 12.7. The van der Waals surface area contributed by atoms with Gasteiger partial charge in [-0.2, -0.15) is 0 Å². The Bertz CT molecular complexity index is 368. The van der Waals surface area contributed by atoms with E-state index in [4.69, 9.17) is 0 Å². The number of urea groups is 1. The van der Waals surface area contributed by atoms with E-state index in [0.717, 1.165) is 12.8 Å². The van der Waals surface area contributed by atoms with Crippen LogP contribution in [0.2, 0.25) is 0 Å². The average molecular weight is 238 g/mol. The summed E-state index contributed by atoms with van der Waals surface area (Å²) in [7, 11) is 0. The van der Waals surface area contributed by atoms with E-state index < -0.39 is 0 Å². The molecule has 0 aliphatic carbocycles. The van der Waals surface area contributed by atoms with Crippen LogP contribution in [-0.4, -0.2) is 19.1 Å². The van der Waals surface area contributed by atoms with Crippen molar-refractivity contribution in [2.45, 2.75) is 26.7 Å². The van der Waals surface area contributed by atoms with Gasteiger partial charge < -0.3 is 5.32 Å². The molecule has 0 unspecified atom stereocenters. The van der Waals surface area contributed by atoms with Gasteiger partial charge in [-0.25, -0.2) is 9.18 Å². The molecule has 0 saturated heterocycles. The van der Waals surface area contributed by atoms with Gasteiger partial charge in [0.1, 0.15) is 5.82 Å². The van der Waals surface area contributed by atoms with Crippen LogP contribution in [0.3, 0.4) is 0 Å². The SMILES string of the molecule is CCCCNC(=O)N(CC)c1cccc(F)c1. The van der Waals surface area contributed by atoms with E-state index in [0.29, 0.717) is 18.8 Å². The van der Waals surface area contributed by atoms with Crippen LogP contribution >= 0.6 is 0 Å². The van der Waals surface area contributed by atoms with Crippen LogP contribution in [0.4, 0.5) is 14.9 Å². The van der Waals surface area contributed by atoms with Gasteiger partial charge in [-0.1, -0.05) is 19.4 Å². The first kappa shape index (κ1) is 13.5. The fourth-order valence-electron chi connectivity index (χ4n) is 1.55. The molecule has 0 radical (unpaired) electrons. The van der Waals surface area contributed by atoms with Gasteiger partial charge in [0.25, 0.3) is 0 Å². The van der Waals surface area contributed by atoms with Crippen LogP contribution in [0, 0.1) is 5.82 Å². The Morgan fingerprint density at radius 2 is 2.18 bits per heavy atom. The van der Waals surface area contributed by atoms with Crippen LogP contribution in [-0.2, 0) is 0 Å². The topological polar surface area (TPSA) is 32.3 Å². The third-order valence-electron chi connectivity index (χ3n) is 2.49. The smallest absolute Gasteiger partial charge is 0.321 e. The number of anilines is 1. The Morgan fingerprint density at radius 3 is 2.76 bits per heavy atom. The number of carbonyl (C=O) groups excluding carboxylic acids is 1.